The third-order valence-electron chi connectivity index (χ3n) is 2.98. The van der Waals surface area contributed by atoms with Crippen molar-refractivity contribution >= 4 is 22.9 Å². The van der Waals surface area contributed by atoms with E-state index in [1.165, 1.54) is 17.7 Å². The largest absolute Gasteiger partial charge is 0.504 e. The van der Waals surface area contributed by atoms with Gasteiger partial charge < -0.3 is 5.11 Å². The number of hydrogen-bond donors (Lipinski definition) is 2. The standard InChI is InChI=1S/C15H12N4O2S/c20-12(8-13(21)15-17-9-18-19-15)14-10(4-6-22-14)7-11-3-1-2-5-16-11/h1-6,8-9,21H,7H2,(H,17,18,19). The maximum absolute atomic E-state index is 12.3. The predicted octanol–water partition coefficient (Wildman–Crippen LogP) is 2.63. The van der Waals surface area contributed by atoms with Gasteiger partial charge in [0.2, 0.25) is 5.82 Å². The molecule has 7 heteroatoms. The summed E-state index contributed by atoms with van der Waals surface area (Å²) < 4.78 is 0. The molecule has 0 aromatic carbocycles. The summed E-state index contributed by atoms with van der Waals surface area (Å²) in [4.78, 5) is 20.9. The van der Waals surface area contributed by atoms with E-state index in [4.69, 9.17) is 0 Å². The van der Waals surface area contributed by atoms with Crippen LogP contribution >= 0.6 is 11.3 Å². The van der Waals surface area contributed by atoms with Crippen LogP contribution in [0.4, 0.5) is 0 Å². The minimum Gasteiger partial charge on any atom is -0.504 e. The number of thiophene rings is 1. The molecule has 0 saturated heterocycles. The number of carbonyl (C=O) groups is 1. The number of hydrogen-bond acceptors (Lipinski definition) is 6. The van der Waals surface area contributed by atoms with E-state index in [0.717, 1.165) is 17.3 Å². The Labute approximate surface area is 130 Å². The van der Waals surface area contributed by atoms with Crippen molar-refractivity contribution in [3.8, 4) is 0 Å². The van der Waals surface area contributed by atoms with Crippen molar-refractivity contribution in [2.24, 2.45) is 0 Å². The first kappa shape index (κ1) is 14.2. The maximum atomic E-state index is 12.3. The van der Waals surface area contributed by atoms with Crippen LogP contribution in [0.5, 0.6) is 0 Å². The molecular weight excluding hydrogens is 300 g/mol. The highest BCUT2D eigenvalue weighted by atomic mass is 32.1. The summed E-state index contributed by atoms with van der Waals surface area (Å²) in [6, 6.07) is 7.56. The smallest absolute Gasteiger partial charge is 0.215 e. The lowest BCUT2D eigenvalue weighted by Gasteiger charge is -2.01. The first-order valence-corrected chi connectivity index (χ1v) is 7.39. The lowest BCUT2D eigenvalue weighted by molar-refractivity contribution is 0.104. The molecule has 0 fully saturated rings. The van der Waals surface area contributed by atoms with Crippen molar-refractivity contribution in [3.05, 3.63) is 70.2 Å². The molecule has 3 aromatic rings. The van der Waals surface area contributed by atoms with Crippen molar-refractivity contribution in [1.29, 1.82) is 0 Å². The van der Waals surface area contributed by atoms with E-state index in [1.54, 1.807) is 6.20 Å². The van der Waals surface area contributed by atoms with Gasteiger partial charge in [0.25, 0.3) is 0 Å². The molecule has 3 aromatic heterocycles. The zero-order valence-electron chi connectivity index (χ0n) is 11.4. The summed E-state index contributed by atoms with van der Waals surface area (Å²) >= 11 is 1.33. The van der Waals surface area contributed by atoms with Crippen LogP contribution in [-0.2, 0) is 6.42 Å². The third kappa shape index (κ3) is 3.09. The van der Waals surface area contributed by atoms with Gasteiger partial charge in [-0.1, -0.05) is 6.07 Å². The van der Waals surface area contributed by atoms with Gasteiger partial charge in [0.15, 0.2) is 11.5 Å². The molecule has 0 unspecified atom stereocenters. The number of aromatic amines is 1. The molecule has 0 radical (unpaired) electrons. The van der Waals surface area contributed by atoms with Gasteiger partial charge >= 0.3 is 0 Å². The molecule has 22 heavy (non-hydrogen) atoms. The number of pyridine rings is 1. The number of aliphatic hydroxyl groups excluding tert-OH is 1. The van der Waals surface area contributed by atoms with Gasteiger partial charge in [0, 0.05) is 24.4 Å². The Morgan fingerprint density at radius 2 is 2.23 bits per heavy atom. The molecule has 0 bridgehead atoms. The second-order valence-corrected chi connectivity index (χ2v) is 5.41. The van der Waals surface area contributed by atoms with Gasteiger partial charge in [0.05, 0.1) is 4.88 Å². The zero-order valence-corrected chi connectivity index (χ0v) is 12.2. The minimum atomic E-state index is -0.275. The second kappa shape index (κ2) is 6.31. The number of nitrogens with one attached hydrogen (secondary N) is 1. The van der Waals surface area contributed by atoms with E-state index in [1.807, 2.05) is 29.6 Å². The van der Waals surface area contributed by atoms with E-state index in [0.29, 0.717) is 11.3 Å². The van der Waals surface area contributed by atoms with E-state index in [-0.39, 0.29) is 17.4 Å². The zero-order chi connectivity index (χ0) is 15.4. The van der Waals surface area contributed by atoms with Crippen molar-refractivity contribution < 1.29 is 9.90 Å². The van der Waals surface area contributed by atoms with Crippen molar-refractivity contribution in [2.75, 3.05) is 0 Å². The Morgan fingerprint density at radius 1 is 1.32 bits per heavy atom. The summed E-state index contributed by atoms with van der Waals surface area (Å²) in [6.07, 6.45) is 4.76. The van der Waals surface area contributed by atoms with Gasteiger partial charge in [-0.05, 0) is 29.1 Å². The quantitative estimate of drug-likeness (QED) is 0.429. The van der Waals surface area contributed by atoms with Crippen molar-refractivity contribution in [2.45, 2.75) is 6.42 Å². The van der Waals surface area contributed by atoms with Gasteiger partial charge in [-0.3, -0.25) is 14.9 Å². The Balaban J connectivity index is 1.82. The van der Waals surface area contributed by atoms with Crippen molar-refractivity contribution in [1.82, 2.24) is 20.2 Å². The molecule has 0 atom stereocenters. The molecule has 0 aliphatic heterocycles. The van der Waals surface area contributed by atoms with Gasteiger partial charge in [0.1, 0.15) is 6.33 Å². The van der Waals surface area contributed by atoms with Crippen LogP contribution in [0.3, 0.4) is 0 Å². The van der Waals surface area contributed by atoms with Crippen LogP contribution in [0.1, 0.15) is 26.8 Å². The van der Waals surface area contributed by atoms with Crippen LogP contribution in [0.2, 0.25) is 0 Å². The lowest BCUT2D eigenvalue weighted by atomic mass is 10.1. The summed E-state index contributed by atoms with van der Waals surface area (Å²) in [5.74, 6) is -0.442. The predicted molar refractivity (Wildman–Crippen MR) is 82.7 cm³/mol. The lowest BCUT2D eigenvalue weighted by Crippen LogP contribution is -2.00. The molecule has 2 N–H and O–H groups in total. The van der Waals surface area contributed by atoms with Crippen molar-refractivity contribution in [3.63, 3.8) is 0 Å². The molecular formula is C15H12N4O2S. The summed E-state index contributed by atoms with van der Waals surface area (Å²) in [6.45, 7) is 0. The van der Waals surface area contributed by atoms with Gasteiger partial charge in [-0.25, -0.2) is 4.98 Å². The normalized spacial score (nSPS) is 11.5. The van der Waals surface area contributed by atoms with E-state index in [2.05, 4.69) is 20.2 Å². The number of aliphatic hydroxyl groups is 1. The molecule has 3 heterocycles. The molecule has 0 spiro atoms. The first-order valence-electron chi connectivity index (χ1n) is 6.51. The molecule has 0 aliphatic carbocycles. The summed E-state index contributed by atoms with van der Waals surface area (Å²) in [7, 11) is 0. The fraction of sp³-hybridized carbons (Fsp3) is 0.0667. The fourth-order valence-corrected chi connectivity index (χ4v) is 2.81. The Bertz CT molecular complexity index is 794. The molecule has 0 aliphatic rings. The average Bonchev–Trinajstić information content (AvgIpc) is 3.19. The number of ketones is 1. The average molecular weight is 312 g/mol. The maximum Gasteiger partial charge on any atom is 0.215 e. The summed E-state index contributed by atoms with van der Waals surface area (Å²) in [5, 5.41) is 17.9. The number of aromatic nitrogens is 4. The fourth-order valence-electron chi connectivity index (χ4n) is 1.98. The number of rotatable bonds is 5. The third-order valence-corrected chi connectivity index (χ3v) is 3.95. The first-order chi connectivity index (χ1) is 10.7. The number of nitrogens with zero attached hydrogens (tertiary/aromatic N) is 3. The highest BCUT2D eigenvalue weighted by Crippen LogP contribution is 2.21. The molecule has 110 valence electrons. The van der Waals surface area contributed by atoms with E-state index < -0.39 is 0 Å². The minimum absolute atomic E-state index is 0.0937. The van der Waals surface area contributed by atoms with Crippen LogP contribution < -0.4 is 0 Å². The van der Waals surface area contributed by atoms with E-state index in [9.17, 15) is 9.90 Å². The van der Waals surface area contributed by atoms with Crippen LogP contribution in [-0.4, -0.2) is 31.1 Å². The molecule has 0 amide bonds. The highest BCUT2D eigenvalue weighted by Gasteiger charge is 2.14. The number of allylic oxidation sites excluding steroid dienone is 1. The SMILES string of the molecule is O=C(C=C(O)c1nc[nH]n1)c1sccc1Cc1ccccn1. The Hall–Kier alpha value is -2.80. The van der Waals surface area contributed by atoms with Gasteiger partial charge in [-0.2, -0.15) is 5.10 Å². The van der Waals surface area contributed by atoms with Crippen LogP contribution in [0.15, 0.2) is 48.2 Å². The van der Waals surface area contributed by atoms with Crippen LogP contribution in [0.25, 0.3) is 5.76 Å². The molecule has 3 rings (SSSR count). The molecule has 6 nitrogen and oxygen atoms in total. The Morgan fingerprint density at radius 3 is 2.95 bits per heavy atom. The number of H-pyrrole nitrogens is 1. The summed E-state index contributed by atoms with van der Waals surface area (Å²) in [5.41, 5.74) is 1.77. The topological polar surface area (TPSA) is 91.8 Å². The number of carbonyl (C=O) groups excluding carboxylic acids is 1. The van der Waals surface area contributed by atoms with Crippen LogP contribution in [0, 0.1) is 0 Å². The second-order valence-electron chi connectivity index (χ2n) is 4.49. The van der Waals surface area contributed by atoms with Gasteiger partial charge in [-0.15, -0.1) is 11.3 Å². The van der Waals surface area contributed by atoms with E-state index >= 15 is 0 Å². The monoisotopic (exact) mass is 312 g/mol. The molecule has 0 saturated carbocycles. The Kier molecular flexibility index (Phi) is 4.06. The highest BCUT2D eigenvalue weighted by molar-refractivity contribution is 7.12.